The maximum Gasteiger partial charge on any atom is 0.397 e. The first-order valence-electron chi connectivity index (χ1n) is 5.96. The fraction of sp³-hybridized carbons (Fsp3) is 0.214. The number of aryl methyl sites for hydroxylation is 1. The molecule has 1 N–H and O–H groups in total. The van der Waals surface area contributed by atoms with Crippen molar-refractivity contribution < 1.29 is 14.3 Å². The number of ether oxygens (including phenoxy) is 1. The number of aromatic nitrogens is 1. The predicted octanol–water partition coefficient (Wildman–Crippen LogP) is 2.04. The van der Waals surface area contributed by atoms with Gasteiger partial charge in [-0.3, -0.25) is 9.78 Å². The first kappa shape index (κ1) is 13.0. The van der Waals surface area contributed by atoms with Crippen LogP contribution in [0.4, 0.5) is 5.69 Å². The summed E-state index contributed by atoms with van der Waals surface area (Å²) in [6.45, 7) is 3.68. The average Bonchev–Trinajstić information content (AvgIpc) is 2.39. The van der Waals surface area contributed by atoms with Gasteiger partial charge in [0.1, 0.15) is 0 Å². The van der Waals surface area contributed by atoms with E-state index >= 15 is 0 Å². The minimum Gasteiger partial charge on any atom is -0.459 e. The van der Waals surface area contributed by atoms with Gasteiger partial charge in [-0.05, 0) is 26.0 Å². The van der Waals surface area contributed by atoms with E-state index in [0.29, 0.717) is 11.2 Å². The summed E-state index contributed by atoms with van der Waals surface area (Å²) in [5.41, 5.74) is 1.99. The number of benzene rings is 1. The number of nitrogens with one attached hydrogen (secondary N) is 1. The fourth-order valence-electron chi connectivity index (χ4n) is 1.72. The van der Waals surface area contributed by atoms with Crippen molar-refractivity contribution in [2.24, 2.45) is 0 Å². The lowest BCUT2D eigenvalue weighted by molar-refractivity contribution is -0.152. The average molecular weight is 258 g/mol. The van der Waals surface area contributed by atoms with Crippen LogP contribution in [0.5, 0.6) is 0 Å². The molecule has 1 aromatic carbocycles. The minimum atomic E-state index is -0.896. The summed E-state index contributed by atoms with van der Waals surface area (Å²) in [5, 5.41) is 3.42. The van der Waals surface area contributed by atoms with Crippen LogP contribution in [0.25, 0.3) is 10.9 Å². The van der Waals surface area contributed by atoms with Crippen LogP contribution in [0.2, 0.25) is 0 Å². The van der Waals surface area contributed by atoms with Crippen molar-refractivity contribution in [3.05, 3.63) is 36.0 Å². The number of hydrogen-bond donors (Lipinski definition) is 1. The SMILES string of the molecule is CCOC(=O)C(=O)Nc1cccc2ccc(C)nc12. The maximum absolute atomic E-state index is 11.6. The molecule has 5 nitrogen and oxygen atoms in total. The zero-order valence-electron chi connectivity index (χ0n) is 10.8. The molecule has 0 radical (unpaired) electrons. The molecule has 0 spiro atoms. The molecule has 5 heteroatoms. The van der Waals surface area contributed by atoms with Gasteiger partial charge in [0.25, 0.3) is 0 Å². The second-order valence-corrected chi connectivity index (χ2v) is 4.00. The third-order valence-corrected chi connectivity index (χ3v) is 2.57. The van der Waals surface area contributed by atoms with Crippen molar-refractivity contribution in [2.75, 3.05) is 11.9 Å². The van der Waals surface area contributed by atoms with Crippen molar-refractivity contribution in [2.45, 2.75) is 13.8 Å². The van der Waals surface area contributed by atoms with E-state index in [0.717, 1.165) is 11.1 Å². The molecule has 0 saturated heterocycles. The Bertz CT molecular complexity index is 638. The van der Waals surface area contributed by atoms with Crippen LogP contribution >= 0.6 is 0 Å². The lowest BCUT2D eigenvalue weighted by Gasteiger charge is -2.08. The Kier molecular flexibility index (Phi) is 3.75. The summed E-state index contributed by atoms with van der Waals surface area (Å²) in [6, 6.07) is 9.19. The first-order valence-corrected chi connectivity index (χ1v) is 5.96. The number of fused-ring (bicyclic) bond motifs is 1. The van der Waals surface area contributed by atoms with E-state index < -0.39 is 11.9 Å². The second-order valence-electron chi connectivity index (χ2n) is 4.00. The summed E-state index contributed by atoms with van der Waals surface area (Å²) in [7, 11) is 0. The lowest BCUT2D eigenvalue weighted by atomic mass is 10.1. The van der Waals surface area contributed by atoms with Crippen molar-refractivity contribution in [3.8, 4) is 0 Å². The normalized spacial score (nSPS) is 10.2. The van der Waals surface area contributed by atoms with Gasteiger partial charge in [-0.15, -0.1) is 0 Å². The van der Waals surface area contributed by atoms with Crippen LogP contribution in [0, 0.1) is 6.92 Å². The minimum absolute atomic E-state index is 0.166. The summed E-state index contributed by atoms with van der Waals surface area (Å²) >= 11 is 0. The Balaban J connectivity index is 2.32. The Morgan fingerprint density at radius 3 is 2.79 bits per heavy atom. The van der Waals surface area contributed by atoms with Gasteiger partial charge in [0.15, 0.2) is 0 Å². The summed E-state index contributed by atoms with van der Waals surface area (Å²) in [5.74, 6) is -1.69. The van der Waals surface area contributed by atoms with Gasteiger partial charge in [0.05, 0.1) is 17.8 Å². The molecule has 0 aliphatic heterocycles. The van der Waals surface area contributed by atoms with Crippen LogP contribution in [-0.2, 0) is 14.3 Å². The molecule has 0 bridgehead atoms. The molecule has 0 unspecified atom stereocenters. The quantitative estimate of drug-likeness (QED) is 0.661. The van der Waals surface area contributed by atoms with Gasteiger partial charge in [-0.2, -0.15) is 0 Å². The number of nitrogens with zero attached hydrogens (tertiary/aromatic N) is 1. The topological polar surface area (TPSA) is 68.3 Å². The van der Waals surface area contributed by atoms with E-state index in [1.165, 1.54) is 0 Å². The Morgan fingerprint density at radius 1 is 1.26 bits per heavy atom. The first-order chi connectivity index (χ1) is 9.11. The number of amides is 1. The molecule has 0 saturated carbocycles. The molecule has 1 aromatic heterocycles. The molecule has 0 fully saturated rings. The van der Waals surface area contributed by atoms with E-state index in [9.17, 15) is 9.59 Å². The van der Waals surface area contributed by atoms with E-state index in [1.807, 2.05) is 25.1 Å². The van der Waals surface area contributed by atoms with E-state index in [-0.39, 0.29) is 6.61 Å². The Hall–Kier alpha value is -2.43. The summed E-state index contributed by atoms with van der Waals surface area (Å²) in [4.78, 5) is 27.3. The number of anilines is 1. The fourth-order valence-corrected chi connectivity index (χ4v) is 1.72. The number of hydrogen-bond acceptors (Lipinski definition) is 4. The van der Waals surface area contributed by atoms with Gasteiger partial charge in [0, 0.05) is 11.1 Å². The zero-order valence-corrected chi connectivity index (χ0v) is 10.8. The second kappa shape index (κ2) is 5.48. The number of para-hydroxylation sites is 1. The number of rotatable bonds is 2. The highest BCUT2D eigenvalue weighted by atomic mass is 16.5. The molecule has 98 valence electrons. The Morgan fingerprint density at radius 2 is 2.05 bits per heavy atom. The van der Waals surface area contributed by atoms with Gasteiger partial charge in [-0.1, -0.05) is 18.2 Å². The van der Waals surface area contributed by atoms with E-state index in [2.05, 4.69) is 15.0 Å². The van der Waals surface area contributed by atoms with Crippen LogP contribution in [-0.4, -0.2) is 23.5 Å². The van der Waals surface area contributed by atoms with Crippen molar-refractivity contribution in [1.82, 2.24) is 4.98 Å². The highest BCUT2D eigenvalue weighted by molar-refractivity contribution is 6.37. The highest BCUT2D eigenvalue weighted by Crippen LogP contribution is 2.21. The molecule has 1 amide bonds. The maximum atomic E-state index is 11.6. The van der Waals surface area contributed by atoms with E-state index in [1.54, 1.807) is 19.1 Å². The smallest absolute Gasteiger partial charge is 0.397 e. The lowest BCUT2D eigenvalue weighted by Crippen LogP contribution is -2.25. The molecule has 0 atom stereocenters. The molecular weight excluding hydrogens is 244 g/mol. The molecule has 0 aliphatic rings. The van der Waals surface area contributed by atoms with Crippen molar-refractivity contribution >= 4 is 28.5 Å². The van der Waals surface area contributed by atoms with Crippen LogP contribution in [0.15, 0.2) is 30.3 Å². The molecular formula is C14H14N2O3. The zero-order chi connectivity index (χ0) is 13.8. The molecule has 2 aromatic rings. The number of carbonyl (C=O) groups excluding carboxylic acids is 2. The Labute approximate surface area is 110 Å². The largest absolute Gasteiger partial charge is 0.459 e. The molecule has 2 rings (SSSR count). The number of esters is 1. The summed E-state index contributed by atoms with van der Waals surface area (Å²) in [6.07, 6.45) is 0. The van der Waals surface area contributed by atoms with Crippen molar-refractivity contribution in [3.63, 3.8) is 0 Å². The van der Waals surface area contributed by atoms with E-state index in [4.69, 9.17) is 0 Å². The third-order valence-electron chi connectivity index (χ3n) is 2.57. The molecule has 1 heterocycles. The molecule has 0 aliphatic carbocycles. The standard InChI is InChI=1S/C14H14N2O3/c1-3-19-14(18)13(17)16-11-6-4-5-10-8-7-9(2)15-12(10)11/h4-8H,3H2,1-2H3,(H,16,17). The highest BCUT2D eigenvalue weighted by Gasteiger charge is 2.16. The van der Waals surface area contributed by atoms with Gasteiger partial charge in [0.2, 0.25) is 0 Å². The van der Waals surface area contributed by atoms with Crippen LogP contribution < -0.4 is 5.32 Å². The third kappa shape index (κ3) is 2.88. The number of carbonyl (C=O) groups is 2. The van der Waals surface area contributed by atoms with Gasteiger partial charge >= 0.3 is 11.9 Å². The molecule has 19 heavy (non-hydrogen) atoms. The van der Waals surface area contributed by atoms with Gasteiger partial charge in [-0.25, -0.2) is 4.79 Å². The predicted molar refractivity (Wildman–Crippen MR) is 71.7 cm³/mol. The monoisotopic (exact) mass is 258 g/mol. The van der Waals surface area contributed by atoms with Gasteiger partial charge < -0.3 is 10.1 Å². The van der Waals surface area contributed by atoms with Crippen molar-refractivity contribution in [1.29, 1.82) is 0 Å². The van der Waals surface area contributed by atoms with Crippen LogP contribution in [0.3, 0.4) is 0 Å². The van der Waals surface area contributed by atoms with Crippen LogP contribution in [0.1, 0.15) is 12.6 Å². The summed E-state index contributed by atoms with van der Waals surface area (Å²) < 4.78 is 4.64. The number of pyridine rings is 1.